The molecule has 0 radical (unpaired) electrons. The van der Waals surface area contributed by atoms with E-state index >= 15 is 0 Å². The highest BCUT2D eigenvalue weighted by Crippen LogP contribution is 2.25. The van der Waals surface area contributed by atoms with Crippen molar-refractivity contribution in [3.63, 3.8) is 0 Å². The van der Waals surface area contributed by atoms with Gasteiger partial charge >= 0.3 is 0 Å². The topological polar surface area (TPSA) is 121 Å². The van der Waals surface area contributed by atoms with Crippen molar-refractivity contribution in [2.45, 2.75) is 53.0 Å². The minimum atomic E-state index is -0.464. The average molecular weight is 441 g/mol. The lowest BCUT2D eigenvalue weighted by Gasteiger charge is -2.27. The summed E-state index contributed by atoms with van der Waals surface area (Å²) >= 11 is 0. The minimum absolute atomic E-state index is 0.0854. The third kappa shape index (κ3) is 6.53. The third-order valence-electron chi connectivity index (χ3n) is 5.23. The number of nitrogens with zero attached hydrogens (tertiary/aromatic N) is 4. The van der Waals surface area contributed by atoms with Gasteiger partial charge in [-0.1, -0.05) is 40.2 Å². The molecule has 1 amide bonds. The molecule has 0 saturated carbocycles. The number of carbonyl (C=O) groups excluding carboxylic acids is 1. The molecule has 32 heavy (non-hydrogen) atoms. The van der Waals surface area contributed by atoms with E-state index in [1.165, 1.54) is 0 Å². The summed E-state index contributed by atoms with van der Waals surface area (Å²) in [7, 11) is 1.99. The van der Waals surface area contributed by atoms with Crippen LogP contribution in [0.5, 0.6) is 0 Å². The van der Waals surface area contributed by atoms with Crippen LogP contribution in [0.3, 0.4) is 0 Å². The van der Waals surface area contributed by atoms with E-state index in [2.05, 4.69) is 58.6 Å². The van der Waals surface area contributed by atoms with Crippen molar-refractivity contribution in [1.82, 2.24) is 20.3 Å². The van der Waals surface area contributed by atoms with E-state index in [0.29, 0.717) is 23.4 Å². The quantitative estimate of drug-likeness (QED) is 0.470. The number of primary amides is 1. The normalized spacial score (nSPS) is 16.1. The molecular weight excluding hydrogens is 404 g/mol. The second-order valence-electron chi connectivity index (χ2n) is 9.64. The largest absolute Gasteiger partial charge is 0.366 e. The molecule has 1 aromatic carbocycles. The van der Waals surface area contributed by atoms with E-state index < -0.39 is 5.91 Å². The van der Waals surface area contributed by atoms with Crippen LogP contribution in [0.1, 0.15) is 56.5 Å². The molecule has 174 valence electrons. The maximum Gasteiger partial charge on any atom is 0.248 e. The van der Waals surface area contributed by atoms with Gasteiger partial charge < -0.3 is 26.6 Å². The Balaban J connectivity index is 1.96. The van der Waals surface area contributed by atoms with Gasteiger partial charge in [0.2, 0.25) is 23.8 Å². The van der Waals surface area contributed by atoms with E-state index in [9.17, 15) is 4.79 Å². The first-order valence-corrected chi connectivity index (χ1v) is 11.3. The zero-order valence-electron chi connectivity index (χ0n) is 19.8. The first kappa shape index (κ1) is 23.7. The summed E-state index contributed by atoms with van der Waals surface area (Å²) in [5.74, 6) is 1.10. The van der Waals surface area contributed by atoms with Crippen LogP contribution in [-0.2, 0) is 6.42 Å². The summed E-state index contributed by atoms with van der Waals surface area (Å²) < 4.78 is 0. The lowest BCUT2D eigenvalue weighted by atomic mass is 9.96. The summed E-state index contributed by atoms with van der Waals surface area (Å²) in [6, 6.07) is 5.74. The minimum Gasteiger partial charge on any atom is -0.366 e. The Kier molecular flexibility index (Phi) is 7.50. The van der Waals surface area contributed by atoms with E-state index in [1.807, 2.05) is 18.0 Å². The molecule has 0 unspecified atom stereocenters. The molecule has 2 heterocycles. The summed E-state index contributed by atoms with van der Waals surface area (Å²) in [6.45, 7) is 11.3. The van der Waals surface area contributed by atoms with Crippen LogP contribution >= 0.6 is 0 Å². The average Bonchev–Trinajstić information content (AvgIpc) is 3.21. The number of benzene rings is 1. The number of nitrogens with two attached hydrogens (primary N) is 1. The van der Waals surface area contributed by atoms with Crippen molar-refractivity contribution in [1.29, 1.82) is 0 Å². The molecule has 1 aliphatic rings. The highest BCUT2D eigenvalue weighted by molar-refractivity contribution is 5.94. The van der Waals surface area contributed by atoms with Gasteiger partial charge in [-0.25, -0.2) is 0 Å². The van der Waals surface area contributed by atoms with Gasteiger partial charge in [0.15, 0.2) is 0 Å². The lowest BCUT2D eigenvalue weighted by molar-refractivity contribution is 0.100. The fourth-order valence-corrected chi connectivity index (χ4v) is 3.85. The molecule has 2 aromatic rings. The zero-order chi connectivity index (χ0) is 23.3. The van der Waals surface area contributed by atoms with Crippen LogP contribution in [0.4, 0.5) is 23.5 Å². The SMILES string of the molecule is CCCc1ccc(C(N)=O)cc1Nc1nc(N[C@@H]2CCNC2)nc(N(C)CC(C)(C)C)n1. The Morgan fingerprint density at radius 2 is 2.00 bits per heavy atom. The van der Waals surface area contributed by atoms with E-state index in [-0.39, 0.29) is 11.5 Å². The maximum absolute atomic E-state index is 11.7. The number of hydrogen-bond donors (Lipinski definition) is 4. The smallest absolute Gasteiger partial charge is 0.248 e. The maximum atomic E-state index is 11.7. The molecule has 1 atom stereocenters. The highest BCUT2D eigenvalue weighted by atomic mass is 16.1. The number of nitrogens with one attached hydrogen (secondary N) is 3. The van der Waals surface area contributed by atoms with Gasteiger partial charge in [-0.2, -0.15) is 15.0 Å². The van der Waals surface area contributed by atoms with Crippen molar-refractivity contribution in [2.75, 3.05) is 42.2 Å². The number of hydrogen-bond acceptors (Lipinski definition) is 8. The summed E-state index contributed by atoms with van der Waals surface area (Å²) in [4.78, 5) is 27.8. The lowest BCUT2D eigenvalue weighted by Crippen LogP contribution is -2.31. The zero-order valence-corrected chi connectivity index (χ0v) is 19.8. The molecule has 0 spiro atoms. The van der Waals surface area contributed by atoms with Gasteiger partial charge in [-0.05, 0) is 42.5 Å². The Morgan fingerprint density at radius 1 is 1.25 bits per heavy atom. The molecule has 3 rings (SSSR count). The van der Waals surface area contributed by atoms with Gasteiger partial charge in [0, 0.05) is 37.4 Å². The number of carbonyl (C=O) groups is 1. The van der Waals surface area contributed by atoms with Crippen LogP contribution in [0.25, 0.3) is 0 Å². The fourth-order valence-electron chi connectivity index (χ4n) is 3.85. The van der Waals surface area contributed by atoms with Crippen molar-refractivity contribution >= 4 is 29.4 Å². The number of aromatic nitrogens is 3. The standard InChI is InChI=1S/C23H36N8O/c1-6-7-15-8-9-16(19(24)32)12-18(15)27-21-28-20(26-17-10-11-25-13-17)29-22(30-21)31(5)14-23(2,3)4/h8-9,12,17,25H,6-7,10-11,13-14H2,1-5H3,(H2,24,32)(H2,26,27,28,29,30)/t17-/m1/s1. The number of anilines is 4. The van der Waals surface area contributed by atoms with Gasteiger partial charge in [-0.15, -0.1) is 0 Å². The van der Waals surface area contributed by atoms with Gasteiger partial charge in [-0.3, -0.25) is 4.79 Å². The van der Waals surface area contributed by atoms with Crippen LogP contribution < -0.4 is 26.6 Å². The van der Waals surface area contributed by atoms with Gasteiger partial charge in [0.1, 0.15) is 0 Å². The molecule has 9 nitrogen and oxygen atoms in total. The summed E-state index contributed by atoms with van der Waals surface area (Å²) in [5.41, 5.74) is 7.90. The monoisotopic (exact) mass is 440 g/mol. The van der Waals surface area contributed by atoms with E-state index in [4.69, 9.17) is 5.73 Å². The Labute approximate surface area is 190 Å². The number of rotatable bonds is 9. The summed E-state index contributed by atoms with van der Waals surface area (Å²) in [6.07, 6.45) is 2.86. The van der Waals surface area contributed by atoms with Crippen molar-refractivity contribution in [2.24, 2.45) is 11.1 Å². The summed E-state index contributed by atoms with van der Waals surface area (Å²) in [5, 5.41) is 10.1. The number of amides is 1. The van der Waals surface area contributed by atoms with Crippen molar-refractivity contribution in [3.05, 3.63) is 29.3 Å². The van der Waals surface area contributed by atoms with Gasteiger partial charge in [0.25, 0.3) is 0 Å². The molecule has 5 N–H and O–H groups in total. The highest BCUT2D eigenvalue weighted by Gasteiger charge is 2.20. The Morgan fingerprint density at radius 3 is 2.62 bits per heavy atom. The molecule has 0 bridgehead atoms. The van der Waals surface area contributed by atoms with Crippen LogP contribution in [0, 0.1) is 5.41 Å². The van der Waals surface area contributed by atoms with Crippen LogP contribution in [-0.4, -0.2) is 53.6 Å². The van der Waals surface area contributed by atoms with Crippen molar-refractivity contribution in [3.8, 4) is 0 Å². The van der Waals surface area contributed by atoms with Crippen molar-refractivity contribution < 1.29 is 4.79 Å². The molecule has 1 aliphatic heterocycles. The molecule has 0 aliphatic carbocycles. The van der Waals surface area contributed by atoms with Crippen LogP contribution in [0.15, 0.2) is 18.2 Å². The molecular formula is C23H36N8O. The third-order valence-corrected chi connectivity index (χ3v) is 5.23. The molecule has 1 fully saturated rings. The Bertz CT molecular complexity index is 934. The van der Waals surface area contributed by atoms with Gasteiger partial charge in [0.05, 0.1) is 0 Å². The second-order valence-corrected chi connectivity index (χ2v) is 9.64. The molecule has 9 heteroatoms. The predicted molar refractivity (Wildman–Crippen MR) is 130 cm³/mol. The number of aryl methyl sites for hydroxylation is 1. The first-order chi connectivity index (χ1) is 15.1. The Hall–Kier alpha value is -2.94. The predicted octanol–water partition coefficient (Wildman–Crippen LogP) is 2.92. The molecule has 1 aromatic heterocycles. The first-order valence-electron chi connectivity index (χ1n) is 11.3. The fraction of sp³-hybridized carbons (Fsp3) is 0.565. The second kappa shape index (κ2) is 10.1. The van der Waals surface area contributed by atoms with E-state index in [1.54, 1.807) is 12.1 Å². The van der Waals surface area contributed by atoms with Crippen LogP contribution in [0.2, 0.25) is 0 Å². The van der Waals surface area contributed by atoms with E-state index in [0.717, 1.165) is 50.1 Å². The molecule has 1 saturated heterocycles.